The maximum Gasteiger partial charge on any atom is 0.421 e. The molecule has 0 aliphatic carbocycles. The SMILES string of the molecule is [2H]c1ncccc1CNc1nc(Nc2ccc(N3CCC(N(C)Cc4cc5c(cc4F)C(=O)N(C4CCC(=O)NC4=O)C5)CC3)cc2)ncc1C(F)(F)F. The molecule has 2 fully saturated rings. The number of carbonyl (C=O) groups is 3. The number of imide groups is 1. The third kappa shape index (κ3) is 7.91. The number of nitrogens with one attached hydrogen (secondary N) is 3. The zero-order valence-electron chi connectivity index (χ0n) is 29.7. The molecule has 276 valence electrons. The van der Waals surface area contributed by atoms with E-state index in [0.717, 1.165) is 37.8 Å². The summed E-state index contributed by atoms with van der Waals surface area (Å²) in [7, 11) is 1.95. The van der Waals surface area contributed by atoms with E-state index in [1.165, 1.54) is 17.2 Å². The van der Waals surface area contributed by atoms with Gasteiger partial charge in [-0.1, -0.05) is 6.07 Å². The minimum absolute atomic E-state index is 0.0302. The number of carbonyl (C=O) groups excluding carboxylic acids is 3. The number of fused-ring (bicyclic) bond motifs is 1. The molecule has 2 saturated heterocycles. The first-order valence-corrected chi connectivity index (χ1v) is 17.2. The second-order valence-corrected chi connectivity index (χ2v) is 13.4. The van der Waals surface area contributed by atoms with Crippen molar-refractivity contribution in [3.05, 3.63) is 101 Å². The standard InChI is InChI=1S/C37H37F4N9O3/c1-48(20-24-15-23-21-50(35(53)28(23)16-30(24)38)31-8-9-32(51)46-34(31)52)26-10-13-49(14-11-26)27-6-4-25(5-7-27)45-36-44-19-29(37(39,40)41)33(47-36)43-18-22-3-2-12-42-17-22/h2-7,12,15-17,19,26,31H,8-11,13-14,18,20-21H2,1H3,(H,46,51,52)(H2,43,44,45,47)/i17D. The summed E-state index contributed by atoms with van der Waals surface area (Å²) in [6.45, 7) is 1.94. The highest BCUT2D eigenvalue weighted by Gasteiger charge is 2.40. The van der Waals surface area contributed by atoms with Crippen LogP contribution < -0.4 is 20.9 Å². The predicted molar refractivity (Wildman–Crippen MR) is 187 cm³/mol. The van der Waals surface area contributed by atoms with Gasteiger partial charge in [0.25, 0.3) is 5.91 Å². The van der Waals surface area contributed by atoms with Crippen molar-refractivity contribution in [2.24, 2.45) is 0 Å². The van der Waals surface area contributed by atoms with Gasteiger partial charge in [-0.15, -0.1) is 0 Å². The fraction of sp³-hybridized carbons (Fsp3) is 0.351. The molecule has 1 atom stereocenters. The van der Waals surface area contributed by atoms with Crippen LogP contribution in [0.2, 0.25) is 0 Å². The van der Waals surface area contributed by atoms with Crippen LogP contribution in [0, 0.1) is 5.82 Å². The van der Waals surface area contributed by atoms with Gasteiger partial charge in [-0.2, -0.15) is 18.2 Å². The topological polar surface area (TPSA) is 136 Å². The maximum absolute atomic E-state index is 15.3. The van der Waals surface area contributed by atoms with Crippen molar-refractivity contribution in [1.82, 2.24) is 30.1 Å². The van der Waals surface area contributed by atoms with E-state index in [1.807, 2.05) is 19.2 Å². The van der Waals surface area contributed by atoms with Crippen molar-refractivity contribution in [2.45, 2.75) is 63.6 Å². The summed E-state index contributed by atoms with van der Waals surface area (Å²) >= 11 is 0. The largest absolute Gasteiger partial charge is 0.421 e. The average Bonchev–Trinajstić information content (AvgIpc) is 3.45. The van der Waals surface area contributed by atoms with Crippen LogP contribution in [0.4, 0.5) is 40.7 Å². The number of benzene rings is 2. The highest BCUT2D eigenvalue weighted by atomic mass is 19.4. The van der Waals surface area contributed by atoms with Gasteiger partial charge in [-0.05, 0) is 79.9 Å². The smallest absolute Gasteiger partial charge is 0.371 e. The van der Waals surface area contributed by atoms with Gasteiger partial charge in [0.15, 0.2) is 0 Å². The molecule has 16 heteroatoms. The lowest BCUT2D eigenvalue weighted by Gasteiger charge is -2.38. The molecule has 3 aliphatic heterocycles. The first kappa shape index (κ1) is 34.4. The number of pyridine rings is 1. The fourth-order valence-corrected chi connectivity index (χ4v) is 7.03. The second-order valence-electron chi connectivity index (χ2n) is 13.4. The monoisotopic (exact) mass is 732 g/mol. The van der Waals surface area contributed by atoms with Gasteiger partial charge < -0.3 is 20.4 Å². The van der Waals surface area contributed by atoms with Crippen molar-refractivity contribution in [2.75, 3.05) is 35.7 Å². The lowest BCUT2D eigenvalue weighted by molar-refractivity contribution is -0.138. The second kappa shape index (κ2) is 14.8. The zero-order valence-corrected chi connectivity index (χ0v) is 28.7. The zero-order chi connectivity index (χ0) is 38.1. The highest BCUT2D eigenvalue weighted by Crippen LogP contribution is 2.35. The van der Waals surface area contributed by atoms with Gasteiger partial charge in [0.1, 0.15) is 23.2 Å². The molecular weight excluding hydrogens is 694 g/mol. The number of halogens is 4. The molecule has 0 radical (unpaired) electrons. The minimum atomic E-state index is -4.69. The lowest BCUT2D eigenvalue weighted by Crippen LogP contribution is -2.52. The molecule has 1 unspecified atom stereocenters. The quantitative estimate of drug-likeness (QED) is 0.147. The van der Waals surface area contributed by atoms with Crippen LogP contribution in [0.5, 0.6) is 0 Å². The van der Waals surface area contributed by atoms with Crippen molar-refractivity contribution in [3.63, 3.8) is 0 Å². The number of anilines is 4. The van der Waals surface area contributed by atoms with Crippen LogP contribution in [0.1, 0.15) is 59.7 Å². The number of hydrogen-bond acceptors (Lipinski definition) is 10. The Hall–Kier alpha value is -5.64. The first-order valence-electron chi connectivity index (χ1n) is 17.7. The van der Waals surface area contributed by atoms with Crippen molar-refractivity contribution >= 4 is 40.9 Å². The molecular formula is C37H37F4N9O3. The lowest BCUT2D eigenvalue weighted by atomic mass is 10.0. The van der Waals surface area contributed by atoms with E-state index in [-0.39, 0.29) is 55.6 Å². The number of rotatable bonds is 10. The first-order chi connectivity index (χ1) is 25.8. The van der Waals surface area contributed by atoms with E-state index < -0.39 is 41.2 Å². The number of aromatic nitrogens is 3. The Morgan fingerprint density at radius 2 is 1.85 bits per heavy atom. The number of piperidine rings is 2. The summed E-state index contributed by atoms with van der Waals surface area (Å²) in [4.78, 5) is 54.6. The molecule has 2 aromatic heterocycles. The Labute approximate surface area is 304 Å². The molecule has 5 heterocycles. The van der Waals surface area contributed by atoms with Crippen LogP contribution >= 0.6 is 0 Å². The summed E-state index contributed by atoms with van der Waals surface area (Å²) in [5.41, 5.74) is 2.31. The van der Waals surface area contributed by atoms with E-state index in [9.17, 15) is 27.6 Å². The molecule has 3 amide bonds. The van der Waals surface area contributed by atoms with Gasteiger partial charge in [-0.25, -0.2) is 9.37 Å². The van der Waals surface area contributed by atoms with Crippen molar-refractivity contribution in [1.29, 1.82) is 0 Å². The van der Waals surface area contributed by atoms with Crippen LogP contribution in [0.3, 0.4) is 0 Å². The Kier molecular flexibility index (Phi) is 9.60. The molecule has 7 rings (SSSR count). The van der Waals surface area contributed by atoms with E-state index in [2.05, 4.69) is 40.7 Å². The maximum atomic E-state index is 15.3. The summed E-state index contributed by atoms with van der Waals surface area (Å²) in [5, 5.41) is 7.92. The fourth-order valence-electron chi connectivity index (χ4n) is 7.03. The van der Waals surface area contributed by atoms with Gasteiger partial charge in [0.05, 0.1) is 1.37 Å². The number of alkyl halides is 3. The number of amides is 3. The predicted octanol–water partition coefficient (Wildman–Crippen LogP) is 5.25. The number of nitrogens with zero attached hydrogens (tertiary/aromatic N) is 6. The van der Waals surface area contributed by atoms with Crippen LogP contribution in [0.15, 0.2) is 67.1 Å². The molecule has 3 N–H and O–H groups in total. The molecule has 12 nitrogen and oxygen atoms in total. The summed E-state index contributed by atoms with van der Waals surface area (Å²) in [5.74, 6) is -2.21. The van der Waals surface area contributed by atoms with Crippen LogP contribution in [0.25, 0.3) is 0 Å². The highest BCUT2D eigenvalue weighted by molar-refractivity contribution is 6.05. The average molecular weight is 733 g/mol. The molecule has 4 aromatic rings. The van der Waals surface area contributed by atoms with Crippen molar-refractivity contribution < 1.29 is 33.3 Å². The van der Waals surface area contributed by atoms with Gasteiger partial charge in [0, 0.05) is 86.3 Å². The van der Waals surface area contributed by atoms with E-state index in [4.69, 9.17) is 1.37 Å². The van der Waals surface area contributed by atoms with Gasteiger partial charge in [-0.3, -0.25) is 29.6 Å². The number of hydrogen-bond donors (Lipinski definition) is 3. The van der Waals surface area contributed by atoms with Crippen molar-refractivity contribution in [3.8, 4) is 0 Å². The van der Waals surface area contributed by atoms with E-state index in [1.54, 1.807) is 30.3 Å². The molecule has 53 heavy (non-hydrogen) atoms. The molecule has 0 spiro atoms. The van der Waals surface area contributed by atoms with E-state index in [0.29, 0.717) is 28.9 Å². The molecule has 0 saturated carbocycles. The summed E-state index contributed by atoms with van der Waals surface area (Å²) in [6, 6.07) is 13.0. The third-order valence-corrected chi connectivity index (χ3v) is 9.89. The molecule has 0 bridgehead atoms. The van der Waals surface area contributed by atoms with Gasteiger partial charge >= 0.3 is 6.18 Å². The Morgan fingerprint density at radius 3 is 2.57 bits per heavy atom. The third-order valence-electron chi connectivity index (χ3n) is 9.89. The summed E-state index contributed by atoms with van der Waals surface area (Å²) in [6.07, 6.45) is -0.560. The van der Waals surface area contributed by atoms with Gasteiger partial charge in [0.2, 0.25) is 17.8 Å². The summed E-state index contributed by atoms with van der Waals surface area (Å²) < 4.78 is 64.3. The Morgan fingerprint density at radius 1 is 1.08 bits per heavy atom. The normalized spacial score (nSPS) is 18.3. The van der Waals surface area contributed by atoms with Crippen LogP contribution in [-0.4, -0.2) is 74.7 Å². The van der Waals surface area contributed by atoms with Crippen LogP contribution in [-0.2, 0) is 35.4 Å². The minimum Gasteiger partial charge on any atom is -0.371 e. The Balaban J connectivity index is 0.937. The molecule has 3 aliphatic rings. The molecule has 2 aromatic carbocycles. The van der Waals surface area contributed by atoms with E-state index >= 15 is 4.39 Å². The Bertz CT molecular complexity index is 2080.